The summed E-state index contributed by atoms with van der Waals surface area (Å²) in [5, 5.41) is 6.32. The maximum absolute atomic E-state index is 12.5. The van der Waals surface area contributed by atoms with Crippen LogP contribution in [0.25, 0.3) is 11.0 Å². The number of ether oxygens (including phenoxy) is 1. The lowest BCUT2D eigenvalue weighted by molar-refractivity contribution is 0.0998. The van der Waals surface area contributed by atoms with E-state index in [1.807, 2.05) is 18.2 Å². The van der Waals surface area contributed by atoms with Crippen LogP contribution < -0.4 is 10.6 Å². The van der Waals surface area contributed by atoms with Crippen molar-refractivity contribution in [3.05, 3.63) is 59.9 Å². The zero-order valence-electron chi connectivity index (χ0n) is 14.0. The number of rotatable bonds is 4. The summed E-state index contributed by atoms with van der Waals surface area (Å²) in [5.74, 6) is -0.128. The number of hydrogen-bond donors (Lipinski definition) is 2. The number of amides is 2. The van der Waals surface area contributed by atoms with Gasteiger partial charge in [0.25, 0.3) is 5.91 Å². The van der Waals surface area contributed by atoms with E-state index in [-0.39, 0.29) is 18.3 Å². The highest BCUT2D eigenvalue weighted by molar-refractivity contribution is 6.05. The molecule has 0 fully saturated rings. The summed E-state index contributed by atoms with van der Waals surface area (Å²) in [5.41, 5.74) is 2.53. The summed E-state index contributed by atoms with van der Waals surface area (Å²) in [4.78, 5) is 24.0. The topological polar surface area (TPSA) is 80.6 Å². The maximum atomic E-state index is 12.5. The zero-order valence-corrected chi connectivity index (χ0v) is 14.0. The van der Waals surface area contributed by atoms with Crippen LogP contribution in [0.15, 0.2) is 52.9 Å². The third-order valence-corrected chi connectivity index (χ3v) is 3.74. The Morgan fingerprint density at radius 1 is 1.04 bits per heavy atom. The second-order valence-electron chi connectivity index (χ2n) is 5.43. The van der Waals surface area contributed by atoms with Crippen molar-refractivity contribution in [3.63, 3.8) is 0 Å². The molecule has 0 unspecified atom stereocenters. The number of anilines is 2. The van der Waals surface area contributed by atoms with Crippen LogP contribution in [-0.2, 0) is 4.74 Å². The molecule has 0 aliphatic carbocycles. The van der Waals surface area contributed by atoms with E-state index in [1.54, 1.807) is 44.2 Å². The fourth-order valence-corrected chi connectivity index (χ4v) is 2.46. The molecule has 1 aromatic heterocycles. The number of para-hydroxylation sites is 1. The second-order valence-corrected chi connectivity index (χ2v) is 5.43. The molecule has 6 nitrogen and oxygen atoms in total. The molecule has 6 heteroatoms. The van der Waals surface area contributed by atoms with Crippen molar-refractivity contribution in [2.75, 3.05) is 17.2 Å². The standard InChI is InChI=1S/C19H18N2O4/c1-3-24-19(23)21-15-9-6-8-14(12(15)2)20-18(22)17-11-13-7-4-5-10-16(13)25-17/h4-11H,3H2,1-2H3,(H,20,22)(H,21,23). The summed E-state index contributed by atoms with van der Waals surface area (Å²) < 4.78 is 10.4. The van der Waals surface area contributed by atoms with Crippen LogP contribution in [0.5, 0.6) is 0 Å². The van der Waals surface area contributed by atoms with Crippen LogP contribution in [0.2, 0.25) is 0 Å². The predicted octanol–water partition coefficient (Wildman–Crippen LogP) is 4.56. The molecule has 128 valence electrons. The summed E-state index contributed by atoms with van der Waals surface area (Å²) in [6.45, 7) is 3.82. The molecule has 2 N–H and O–H groups in total. The Morgan fingerprint density at radius 3 is 2.48 bits per heavy atom. The average Bonchev–Trinajstić information content (AvgIpc) is 3.03. The third kappa shape index (κ3) is 3.63. The predicted molar refractivity (Wildman–Crippen MR) is 96.0 cm³/mol. The molecule has 25 heavy (non-hydrogen) atoms. The van der Waals surface area contributed by atoms with Gasteiger partial charge in [0.05, 0.1) is 6.61 Å². The first kappa shape index (κ1) is 16.6. The Balaban J connectivity index is 1.80. The normalized spacial score (nSPS) is 10.5. The van der Waals surface area contributed by atoms with Crippen molar-refractivity contribution in [1.82, 2.24) is 0 Å². The summed E-state index contributed by atoms with van der Waals surface area (Å²) >= 11 is 0. The molecule has 0 aliphatic heterocycles. The van der Waals surface area contributed by atoms with Crippen LogP contribution in [0.3, 0.4) is 0 Å². The van der Waals surface area contributed by atoms with Gasteiger partial charge in [-0.15, -0.1) is 0 Å². The monoisotopic (exact) mass is 338 g/mol. The van der Waals surface area contributed by atoms with Crippen LogP contribution in [0, 0.1) is 6.92 Å². The number of furan rings is 1. The minimum absolute atomic E-state index is 0.226. The van der Waals surface area contributed by atoms with E-state index in [1.165, 1.54) is 0 Å². The maximum Gasteiger partial charge on any atom is 0.411 e. The summed E-state index contributed by atoms with van der Waals surface area (Å²) in [7, 11) is 0. The lowest BCUT2D eigenvalue weighted by Gasteiger charge is -2.12. The third-order valence-electron chi connectivity index (χ3n) is 3.74. The molecule has 0 bridgehead atoms. The van der Waals surface area contributed by atoms with Crippen LogP contribution in [0.4, 0.5) is 16.2 Å². The Kier molecular flexibility index (Phi) is 4.70. The van der Waals surface area contributed by atoms with Gasteiger partial charge in [0.2, 0.25) is 0 Å². The fraction of sp³-hybridized carbons (Fsp3) is 0.158. The molecular formula is C19H18N2O4. The second kappa shape index (κ2) is 7.09. The first-order valence-corrected chi connectivity index (χ1v) is 7.92. The van der Waals surface area contributed by atoms with Crippen molar-refractivity contribution in [2.24, 2.45) is 0 Å². The highest BCUT2D eigenvalue weighted by Gasteiger charge is 2.15. The van der Waals surface area contributed by atoms with Gasteiger partial charge in [0.15, 0.2) is 5.76 Å². The molecule has 0 spiro atoms. The molecule has 1 heterocycles. The minimum Gasteiger partial charge on any atom is -0.451 e. The Bertz CT molecular complexity index is 897. The molecule has 0 saturated carbocycles. The first-order chi connectivity index (χ1) is 12.1. The van der Waals surface area contributed by atoms with Crippen molar-refractivity contribution in [2.45, 2.75) is 13.8 Å². The van der Waals surface area contributed by atoms with Gasteiger partial charge in [0.1, 0.15) is 5.58 Å². The van der Waals surface area contributed by atoms with E-state index in [0.717, 1.165) is 10.9 Å². The molecule has 0 atom stereocenters. The van der Waals surface area contributed by atoms with E-state index in [9.17, 15) is 9.59 Å². The highest BCUT2D eigenvalue weighted by atomic mass is 16.5. The van der Waals surface area contributed by atoms with E-state index in [2.05, 4.69) is 10.6 Å². The van der Waals surface area contributed by atoms with Gasteiger partial charge >= 0.3 is 6.09 Å². The lowest BCUT2D eigenvalue weighted by atomic mass is 10.1. The van der Waals surface area contributed by atoms with E-state index < -0.39 is 6.09 Å². The van der Waals surface area contributed by atoms with Crippen molar-refractivity contribution < 1.29 is 18.7 Å². The number of carbonyl (C=O) groups is 2. The summed E-state index contributed by atoms with van der Waals surface area (Å²) in [6, 6.07) is 14.3. The van der Waals surface area contributed by atoms with Crippen molar-refractivity contribution in [3.8, 4) is 0 Å². The minimum atomic E-state index is -0.536. The largest absolute Gasteiger partial charge is 0.451 e. The quantitative estimate of drug-likeness (QED) is 0.730. The fourth-order valence-electron chi connectivity index (χ4n) is 2.46. The summed E-state index contributed by atoms with van der Waals surface area (Å²) in [6.07, 6.45) is -0.536. The average molecular weight is 338 g/mol. The Hall–Kier alpha value is -3.28. The number of hydrogen-bond acceptors (Lipinski definition) is 4. The van der Waals surface area contributed by atoms with E-state index in [4.69, 9.17) is 9.15 Å². The zero-order chi connectivity index (χ0) is 17.8. The molecule has 3 aromatic rings. The van der Waals surface area contributed by atoms with Gasteiger partial charge in [-0.3, -0.25) is 10.1 Å². The number of fused-ring (bicyclic) bond motifs is 1. The molecule has 2 amide bonds. The van der Waals surface area contributed by atoms with Crippen molar-refractivity contribution in [1.29, 1.82) is 0 Å². The van der Waals surface area contributed by atoms with Gasteiger partial charge in [-0.05, 0) is 43.7 Å². The van der Waals surface area contributed by atoms with Crippen LogP contribution in [-0.4, -0.2) is 18.6 Å². The van der Waals surface area contributed by atoms with Crippen molar-refractivity contribution >= 4 is 34.3 Å². The Labute approximate surface area is 144 Å². The molecule has 0 radical (unpaired) electrons. The lowest BCUT2D eigenvalue weighted by Crippen LogP contribution is -2.16. The van der Waals surface area contributed by atoms with Gasteiger partial charge in [-0.2, -0.15) is 0 Å². The van der Waals surface area contributed by atoms with Gasteiger partial charge in [0, 0.05) is 16.8 Å². The molecule has 0 saturated heterocycles. The van der Waals surface area contributed by atoms with Gasteiger partial charge in [-0.1, -0.05) is 24.3 Å². The number of benzene rings is 2. The molecular weight excluding hydrogens is 320 g/mol. The number of nitrogens with one attached hydrogen (secondary N) is 2. The van der Waals surface area contributed by atoms with E-state index in [0.29, 0.717) is 17.0 Å². The smallest absolute Gasteiger partial charge is 0.411 e. The first-order valence-electron chi connectivity index (χ1n) is 7.92. The Morgan fingerprint density at radius 2 is 1.76 bits per heavy atom. The van der Waals surface area contributed by atoms with Gasteiger partial charge in [-0.25, -0.2) is 4.79 Å². The molecule has 2 aromatic carbocycles. The highest BCUT2D eigenvalue weighted by Crippen LogP contribution is 2.25. The van der Waals surface area contributed by atoms with E-state index >= 15 is 0 Å². The van der Waals surface area contributed by atoms with Crippen LogP contribution >= 0.6 is 0 Å². The number of carbonyl (C=O) groups excluding carboxylic acids is 2. The SMILES string of the molecule is CCOC(=O)Nc1cccc(NC(=O)c2cc3ccccc3o2)c1C. The van der Waals surface area contributed by atoms with Gasteiger partial charge < -0.3 is 14.5 Å². The molecule has 3 rings (SSSR count). The van der Waals surface area contributed by atoms with Crippen LogP contribution in [0.1, 0.15) is 23.0 Å². The molecule has 0 aliphatic rings.